The van der Waals surface area contributed by atoms with E-state index in [1.807, 2.05) is 18.2 Å². The van der Waals surface area contributed by atoms with Crippen molar-refractivity contribution in [3.8, 4) is 0 Å². The maximum Gasteiger partial charge on any atom is 0.122 e. The molecular formula is C16H22N2O. The highest BCUT2D eigenvalue weighted by molar-refractivity contribution is 5.13. The second-order valence-electron chi connectivity index (χ2n) is 4.67. The second-order valence-corrected chi connectivity index (χ2v) is 4.67. The number of hydrogen-bond donors (Lipinski definition) is 1. The van der Waals surface area contributed by atoms with Crippen molar-refractivity contribution in [1.82, 2.24) is 9.88 Å². The van der Waals surface area contributed by atoms with Crippen LogP contribution in [0.1, 0.15) is 24.5 Å². The first kappa shape index (κ1) is 13.8. The molecule has 3 nitrogen and oxygen atoms in total. The number of benzene rings is 1. The Morgan fingerprint density at radius 2 is 1.95 bits per heavy atom. The number of rotatable bonds is 8. The van der Waals surface area contributed by atoms with E-state index >= 15 is 0 Å². The lowest BCUT2D eigenvalue weighted by molar-refractivity contribution is 0.0642. The molecule has 0 bridgehead atoms. The third-order valence-electron chi connectivity index (χ3n) is 2.92. The van der Waals surface area contributed by atoms with Crippen LogP contribution in [0.2, 0.25) is 0 Å². The smallest absolute Gasteiger partial charge is 0.122 e. The van der Waals surface area contributed by atoms with E-state index in [-0.39, 0.29) is 0 Å². The summed E-state index contributed by atoms with van der Waals surface area (Å²) in [6, 6.07) is 12.4. The van der Waals surface area contributed by atoms with Gasteiger partial charge in [0.2, 0.25) is 0 Å². The fraction of sp³-hybridized carbons (Fsp3) is 0.375. The average molecular weight is 258 g/mol. The van der Waals surface area contributed by atoms with Gasteiger partial charge in [0, 0.05) is 18.9 Å². The van der Waals surface area contributed by atoms with Gasteiger partial charge < -0.3 is 14.6 Å². The molecule has 0 saturated heterocycles. The minimum Gasteiger partial charge on any atom is -0.356 e. The summed E-state index contributed by atoms with van der Waals surface area (Å²) in [6.45, 7) is 5.43. The van der Waals surface area contributed by atoms with Crippen molar-refractivity contribution in [2.75, 3.05) is 6.54 Å². The quantitative estimate of drug-likeness (QED) is 0.736. The van der Waals surface area contributed by atoms with Gasteiger partial charge in [0.1, 0.15) is 6.73 Å². The zero-order valence-electron chi connectivity index (χ0n) is 11.5. The Hall–Kier alpha value is -1.58. The van der Waals surface area contributed by atoms with Gasteiger partial charge in [0.25, 0.3) is 0 Å². The fourth-order valence-corrected chi connectivity index (χ4v) is 1.93. The van der Waals surface area contributed by atoms with Crippen molar-refractivity contribution in [1.29, 1.82) is 0 Å². The topological polar surface area (TPSA) is 26.2 Å². The van der Waals surface area contributed by atoms with Crippen LogP contribution in [-0.2, 0) is 24.6 Å². The summed E-state index contributed by atoms with van der Waals surface area (Å²) in [4.78, 5) is 0. The Labute approximate surface area is 115 Å². The first-order valence-electron chi connectivity index (χ1n) is 6.85. The van der Waals surface area contributed by atoms with E-state index in [0.29, 0.717) is 13.3 Å². The summed E-state index contributed by atoms with van der Waals surface area (Å²) in [6.07, 6.45) is 5.36. The van der Waals surface area contributed by atoms with Crippen molar-refractivity contribution in [3.05, 3.63) is 59.9 Å². The van der Waals surface area contributed by atoms with Crippen LogP contribution in [0.4, 0.5) is 0 Å². The van der Waals surface area contributed by atoms with Gasteiger partial charge in [-0.1, -0.05) is 37.3 Å². The Morgan fingerprint density at radius 1 is 1.11 bits per heavy atom. The van der Waals surface area contributed by atoms with Crippen molar-refractivity contribution >= 4 is 0 Å². The lowest BCUT2D eigenvalue weighted by atomic mass is 10.2. The summed E-state index contributed by atoms with van der Waals surface area (Å²) >= 11 is 0. The monoisotopic (exact) mass is 258 g/mol. The van der Waals surface area contributed by atoms with Crippen LogP contribution >= 0.6 is 0 Å². The van der Waals surface area contributed by atoms with E-state index in [4.69, 9.17) is 4.74 Å². The van der Waals surface area contributed by atoms with Gasteiger partial charge in [0.15, 0.2) is 0 Å². The Bertz CT molecular complexity index is 465. The van der Waals surface area contributed by atoms with Crippen molar-refractivity contribution in [2.45, 2.75) is 33.2 Å². The summed E-state index contributed by atoms with van der Waals surface area (Å²) < 4.78 is 7.76. The van der Waals surface area contributed by atoms with Crippen LogP contribution in [0.25, 0.3) is 0 Å². The van der Waals surface area contributed by atoms with E-state index in [2.05, 4.69) is 47.4 Å². The molecule has 102 valence electrons. The number of nitrogens with zero attached hydrogens (tertiary/aromatic N) is 1. The van der Waals surface area contributed by atoms with Crippen LogP contribution in [0.5, 0.6) is 0 Å². The average Bonchev–Trinajstić information content (AvgIpc) is 2.88. The number of hydrogen-bond acceptors (Lipinski definition) is 2. The van der Waals surface area contributed by atoms with E-state index in [0.717, 1.165) is 13.1 Å². The molecular weight excluding hydrogens is 236 g/mol. The van der Waals surface area contributed by atoms with Crippen LogP contribution in [0.3, 0.4) is 0 Å². The van der Waals surface area contributed by atoms with Gasteiger partial charge in [-0.15, -0.1) is 0 Å². The molecule has 0 aliphatic carbocycles. The van der Waals surface area contributed by atoms with Gasteiger partial charge in [-0.05, 0) is 30.2 Å². The lowest BCUT2D eigenvalue weighted by Crippen LogP contribution is -2.13. The molecule has 0 amide bonds. The Kier molecular flexibility index (Phi) is 5.66. The minimum atomic E-state index is 0.600. The van der Waals surface area contributed by atoms with Crippen molar-refractivity contribution in [2.24, 2.45) is 0 Å². The molecule has 1 N–H and O–H groups in total. The van der Waals surface area contributed by atoms with E-state index in [1.54, 1.807) is 0 Å². The predicted molar refractivity (Wildman–Crippen MR) is 77.7 cm³/mol. The maximum atomic E-state index is 5.69. The SMILES string of the molecule is CCCNCc1ccn(COCc2ccccc2)c1. The second kappa shape index (κ2) is 7.77. The van der Waals surface area contributed by atoms with Crippen LogP contribution in [-0.4, -0.2) is 11.1 Å². The first-order chi connectivity index (χ1) is 9.38. The third kappa shape index (κ3) is 4.89. The zero-order chi connectivity index (χ0) is 13.3. The zero-order valence-corrected chi connectivity index (χ0v) is 11.5. The standard InChI is InChI=1S/C16H22N2O/c1-2-9-17-11-16-8-10-18(12-16)14-19-13-15-6-4-3-5-7-15/h3-8,10,12,17H,2,9,11,13-14H2,1H3. The molecule has 2 rings (SSSR count). The third-order valence-corrected chi connectivity index (χ3v) is 2.92. The molecule has 1 aromatic heterocycles. The van der Waals surface area contributed by atoms with Crippen LogP contribution < -0.4 is 5.32 Å². The van der Waals surface area contributed by atoms with Crippen molar-refractivity contribution in [3.63, 3.8) is 0 Å². The van der Waals surface area contributed by atoms with E-state index in [1.165, 1.54) is 17.5 Å². The fourth-order valence-electron chi connectivity index (χ4n) is 1.93. The summed E-state index contributed by atoms with van der Waals surface area (Å²) in [5, 5.41) is 3.39. The molecule has 0 atom stereocenters. The highest BCUT2D eigenvalue weighted by Crippen LogP contribution is 2.04. The minimum absolute atomic E-state index is 0.600. The molecule has 0 spiro atoms. The van der Waals surface area contributed by atoms with E-state index in [9.17, 15) is 0 Å². The lowest BCUT2D eigenvalue weighted by Gasteiger charge is -2.05. The Balaban J connectivity index is 1.71. The molecule has 0 fully saturated rings. The predicted octanol–water partition coefficient (Wildman–Crippen LogP) is 3.16. The normalized spacial score (nSPS) is 10.8. The van der Waals surface area contributed by atoms with Crippen molar-refractivity contribution < 1.29 is 4.74 Å². The Morgan fingerprint density at radius 3 is 2.74 bits per heavy atom. The summed E-state index contributed by atoms with van der Waals surface area (Å²) in [7, 11) is 0. The number of ether oxygens (including phenoxy) is 1. The summed E-state index contributed by atoms with van der Waals surface area (Å²) in [5.41, 5.74) is 2.51. The van der Waals surface area contributed by atoms with Crippen LogP contribution in [0, 0.1) is 0 Å². The van der Waals surface area contributed by atoms with Gasteiger partial charge in [-0.2, -0.15) is 0 Å². The van der Waals surface area contributed by atoms with Gasteiger partial charge >= 0.3 is 0 Å². The molecule has 0 unspecified atom stereocenters. The molecule has 0 aliphatic rings. The summed E-state index contributed by atoms with van der Waals surface area (Å²) in [5.74, 6) is 0. The maximum absolute atomic E-state index is 5.69. The van der Waals surface area contributed by atoms with Crippen LogP contribution in [0.15, 0.2) is 48.8 Å². The molecule has 0 aliphatic heterocycles. The first-order valence-corrected chi connectivity index (χ1v) is 6.85. The molecule has 3 heteroatoms. The van der Waals surface area contributed by atoms with Gasteiger partial charge in [-0.3, -0.25) is 0 Å². The molecule has 0 saturated carbocycles. The largest absolute Gasteiger partial charge is 0.356 e. The van der Waals surface area contributed by atoms with E-state index < -0.39 is 0 Å². The molecule has 2 aromatic rings. The molecule has 19 heavy (non-hydrogen) atoms. The highest BCUT2D eigenvalue weighted by Gasteiger charge is 1.97. The molecule has 1 aromatic carbocycles. The van der Waals surface area contributed by atoms with Gasteiger partial charge in [-0.25, -0.2) is 0 Å². The molecule has 1 heterocycles. The molecule has 0 radical (unpaired) electrons. The highest BCUT2D eigenvalue weighted by atomic mass is 16.5. The van der Waals surface area contributed by atoms with Gasteiger partial charge in [0.05, 0.1) is 6.61 Å². The number of aromatic nitrogens is 1. The number of nitrogens with one attached hydrogen (secondary N) is 1.